The molecule has 0 radical (unpaired) electrons. The van der Waals surface area contributed by atoms with Crippen molar-refractivity contribution in [3.05, 3.63) is 0 Å². The van der Waals surface area contributed by atoms with Gasteiger partial charge in [-0.15, -0.1) is 0 Å². The minimum Gasteiger partial charge on any atom is -0.322 e. The number of likely N-dealkylation sites (N-methyl/N-ethyl adjacent to an activating group) is 3. The number of rotatable bonds is 0. The highest BCUT2D eigenvalue weighted by Crippen LogP contribution is 2.22. The van der Waals surface area contributed by atoms with Crippen molar-refractivity contribution in [2.45, 2.75) is 12.2 Å². The Labute approximate surface area is 86.6 Å². The number of amides is 5. The van der Waals surface area contributed by atoms with Crippen molar-refractivity contribution in [3.8, 4) is 0 Å². The summed E-state index contributed by atoms with van der Waals surface area (Å²) in [5, 5.41) is 2.54. The highest BCUT2D eigenvalue weighted by molar-refractivity contribution is 6.03. The zero-order chi connectivity index (χ0) is 11.3. The number of urea groups is 2. The molecule has 15 heavy (non-hydrogen) atoms. The predicted octanol–water partition coefficient (Wildman–Crippen LogP) is -1.14. The molecule has 2 heterocycles. The van der Waals surface area contributed by atoms with Gasteiger partial charge in [-0.05, 0) is 0 Å². The second kappa shape index (κ2) is 2.85. The molecular formula is C8H12N4O3. The molecule has 0 bridgehead atoms. The van der Waals surface area contributed by atoms with E-state index in [-0.39, 0.29) is 11.9 Å². The van der Waals surface area contributed by atoms with Crippen LogP contribution in [0.5, 0.6) is 0 Å². The monoisotopic (exact) mass is 212 g/mol. The molecule has 1 N–H and O–H groups in total. The smallest absolute Gasteiger partial charge is 0.322 e. The number of fused-ring (bicyclic) bond motifs is 1. The highest BCUT2D eigenvalue weighted by atomic mass is 16.2. The van der Waals surface area contributed by atoms with Crippen LogP contribution in [0.25, 0.3) is 0 Å². The van der Waals surface area contributed by atoms with Crippen LogP contribution in [0.3, 0.4) is 0 Å². The van der Waals surface area contributed by atoms with E-state index >= 15 is 0 Å². The average molecular weight is 212 g/mol. The molecule has 2 aliphatic heterocycles. The minimum atomic E-state index is -0.657. The molecule has 2 fully saturated rings. The third kappa shape index (κ3) is 1.09. The normalized spacial score (nSPS) is 30.9. The summed E-state index contributed by atoms with van der Waals surface area (Å²) in [6.07, 6.45) is -0.520. The maximum absolute atomic E-state index is 11.7. The van der Waals surface area contributed by atoms with E-state index in [9.17, 15) is 14.4 Å². The number of hydrogen-bond acceptors (Lipinski definition) is 3. The summed E-state index contributed by atoms with van der Waals surface area (Å²) in [4.78, 5) is 38.4. The first-order chi connectivity index (χ1) is 6.95. The lowest BCUT2D eigenvalue weighted by Crippen LogP contribution is -2.64. The SMILES string of the molecule is CN1C(=O)C2NC(=O)N(C)C2N(C)C1=O. The van der Waals surface area contributed by atoms with Crippen molar-refractivity contribution in [3.63, 3.8) is 0 Å². The second-order valence-corrected chi connectivity index (χ2v) is 3.74. The topological polar surface area (TPSA) is 73.0 Å². The Morgan fingerprint density at radius 2 is 1.67 bits per heavy atom. The summed E-state index contributed by atoms with van der Waals surface area (Å²) >= 11 is 0. The Hall–Kier alpha value is -1.79. The van der Waals surface area contributed by atoms with Crippen molar-refractivity contribution < 1.29 is 14.4 Å². The largest absolute Gasteiger partial charge is 0.327 e. The molecule has 7 nitrogen and oxygen atoms in total. The third-order valence-corrected chi connectivity index (χ3v) is 2.88. The summed E-state index contributed by atoms with van der Waals surface area (Å²) in [5.74, 6) is -0.374. The lowest BCUT2D eigenvalue weighted by Gasteiger charge is -2.39. The zero-order valence-electron chi connectivity index (χ0n) is 8.72. The van der Waals surface area contributed by atoms with Crippen LogP contribution in [0.15, 0.2) is 0 Å². The van der Waals surface area contributed by atoms with E-state index in [0.29, 0.717) is 0 Å². The van der Waals surface area contributed by atoms with Crippen LogP contribution in [0.1, 0.15) is 0 Å². The van der Waals surface area contributed by atoms with Gasteiger partial charge in [-0.25, -0.2) is 9.59 Å². The van der Waals surface area contributed by atoms with E-state index in [0.717, 1.165) is 4.90 Å². The quantitative estimate of drug-likeness (QED) is 0.551. The lowest BCUT2D eigenvalue weighted by molar-refractivity contribution is -0.134. The molecule has 5 amide bonds. The fourth-order valence-electron chi connectivity index (χ4n) is 1.98. The first-order valence-corrected chi connectivity index (χ1v) is 4.53. The molecule has 0 saturated carbocycles. The number of imide groups is 1. The van der Waals surface area contributed by atoms with Crippen LogP contribution in [0.2, 0.25) is 0 Å². The van der Waals surface area contributed by atoms with E-state index in [1.54, 1.807) is 14.1 Å². The van der Waals surface area contributed by atoms with Crippen LogP contribution in [0.4, 0.5) is 9.59 Å². The maximum atomic E-state index is 11.7. The van der Waals surface area contributed by atoms with Crippen LogP contribution >= 0.6 is 0 Å². The molecule has 0 aromatic carbocycles. The van der Waals surface area contributed by atoms with Gasteiger partial charge < -0.3 is 15.1 Å². The Kier molecular flexibility index (Phi) is 1.85. The molecule has 2 aliphatic rings. The van der Waals surface area contributed by atoms with E-state index in [2.05, 4.69) is 5.32 Å². The van der Waals surface area contributed by atoms with Crippen molar-refractivity contribution in [2.75, 3.05) is 21.1 Å². The van der Waals surface area contributed by atoms with Gasteiger partial charge in [-0.2, -0.15) is 0 Å². The number of carbonyl (C=O) groups is 3. The molecule has 7 heteroatoms. The first-order valence-electron chi connectivity index (χ1n) is 4.53. The van der Waals surface area contributed by atoms with Gasteiger partial charge >= 0.3 is 12.1 Å². The number of carbonyl (C=O) groups excluding carboxylic acids is 3. The van der Waals surface area contributed by atoms with Crippen molar-refractivity contribution in [1.29, 1.82) is 0 Å². The van der Waals surface area contributed by atoms with Gasteiger partial charge in [0.05, 0.1) is 0 Å². The van der Waals surface area contributed by atoms with Gasteiger partial charge in [0.25, 0.3) is 5.91 Å². The van der Waals surface area contributed by atoms with E-state index in [1.807, 2.05) is 0 Å². The van der Waals surface area contributed by atoms with Gasteiger partial charge in [0.2, 0.25) is 0 Å². The summed E-state index contributed by atoms with van der Waals surface area (Å²) in [6.45, 7) is 0. The average Bonchev–Trinajstić information content (AvgIpc) is 2.50. The van der Waals surface area contributed by atoms with Gasteiger partial charge in [-0.1, -0.05) is 0 Å². The molecule has 2 atom stereocenters. The number of nitrogens with zero attached hydrogens (tertiary/aromatic N) is 3. The fourth-order valence-corrected chi connectivity index (χ4v) is 1.98. The van der Waals surface area contributed by atoms with Gasteiger partial charge in [0.15, 0.2) is 0 Å². The van der Waals surface area contributed by atoms with Crippen LogP contribution in [-0.4, -0.2) is 66.0 Å². The van der Waals surface area contributed by atoms with Gasteiger partial charge in [0.1, 0.15) is 12.2 Å². The van der Waals surface area contributed by atoms with Gasteiger partial charge in [0, 0.05) is 21.1 Å². The van der Waals surface area contributed by atoms with Gasteiger partial charge in [-0.3, -0.25) is 9.69 Å². The molecule has 2 saturated heterocycles. The van der Waals surface area contributed by atoms with Crippen molar-refractivity contribution in [1.82, 2.24) is 20.0 Å². The Bertz CT molecular complexity index is 356. The van der Waals surface area contributed by atoms with Crippen molar-refractivity contribution >= 4 is 18.0 Å². The third-order valence-electron chi connectivity index (χ3n) is 2.88. The molecule has 82 valence electrons. The standard InChI is InChI=1S/C8H12N4O3/c1-10-5-4(9-7(10)14)6(13)12(3)8(15)11(5)2/h4-5H,1-3H3,(H,9,14). The first kappa shape index (κ1) is 9.75. The molecule has 2 rings (SSSR count). The summed E-state index contributed by atoms with van der Waals surface area (Å²) in [5.41, 5.74) is 0. The molecule has 2 unspecified atom stereocenters. The second-order valence-electron chi connectivity index (χ2n) is 3.74. The molecule has 0 aromatic heterocycles. The maximum Gasteiger partial charge on any atom is 0.327 e. The van der Waals surface area contributed by atoms with E-state index in [4.69, 9.17) is 0 Å². The number of nitrogens with one attached hydrogen (secondary N) is 1. The molecule has 0 aromatic rings. The van der Waals surface area contributed by atoms with Crippen LogP contribution < -0.4 is 5.32 Å². The Morgan fingerprint density at radius 3 is 2.27 bits per heavy atom. The van der Waals surface area contributed by atoms with E-state index in [1.165, 1.54) is 16.8 Å². The van der Waals surface area contributed by atoms with Crippen LogP contribution in [-0.2, 0) is 4.79 Å². The zero-order valence-corrected chi connectivity index (χ0v) is 8.72. The minimum absolute atomic E-state index is 0.340. The summed E-state index contributed by atoms with van der Waals surface area (Å²) in [6, 6.07) is -1.40. The van der Waals surface area contributed by atoms with Crippen LogP contribution in [0, 0.1) is 0 Å². The highest BCUT2D eigenvalue weighted by Gasteiger charge is 2.51. The molecule has 0 aliphatic carbocycles. The Morgan fingerprint density at radius 1 is 1.07 bits per heavy atom. The predicted molar refractivity (Wildman–Crippen MR) is 49.8 cm³/mol. The molecular weight excluding hydrogens is 200 g/mol. The summed E-state index contributed by atoms with van der Waals surface area (Å²) in [7, 11) is 4.53. The van der Waals surface area contributed by atoms with Crippen molar-refractivity contribution in [2.24, 2.45) is 0 Å². The van der Waals surface area contributed by atoms with E-state index < -0.39 is 18.2 Å². The lowest BCUT2D eigenvalue weighted by atomic mass is 10.1. The number of hydrogen-bond donors (Lipinski definition) is 1. The molecule has 0 spiro atoms. The fraction of sp³-hybridized carbons (Fsp3) is 0.625. The Balaban J connectivity index is 2.38. The summed E-state index contributed by atoms with van der Waals surface area (Å²) < 4.78 is 0.